The average molecular weight is 177 g/mol. The van der Waals surface area contributed by atoms with E-state index in [9.17, 15) is 0 Å². The maximum Gasteiger partial charge on any atom is 0.160 e. The van der Waals surface area contributed by atoms with Crippen LogP contribution in [-0.2, 0) is 0 Å². The lowest BCUT2D eigenvalue weighted by Gasteiger charge is -1.91. The number of nitrogen functional groups attached to an aromatic ring is 1. The van der Waals surface area contributed by atoms with Crippen LogP contribution in [0.4, 0.5) is 5.00 Å². The summed E-state index contributed by atoms with van der Waals surface area (Å²) in [5, 5.41) is 2.74. The highest BCUT2D eigenvalue weighted by atomic mass is 32.1. The number of thiophene rings is 1. The van der Waals surface area contributed by atoms with Gasteiger partial charge in [-0.25, -0.2) is 9.97 Å². The molecule has 0 saturated heterocycles. The first-order chi connectivity index (χ1) is 5.86. The molecule has 0 aliphatic heterocycles. The van der Waals surface area contributed by atoms with E-state index in [2.05, 4.69) is 9.97 Å². The van der Waals surface area contributed by atoms with Crippen LogP contribution in [0, 0.1) is 0 Å². The molecule has 2 heterocycles. The van der Waals surface area contributed by atoms with Gasteiger partial charge in [-0.3, -0.25) is 0 Å². The smallest absolute Gasteiger partial charge is 0.160 e. The molecule has 2 rings (SSSR count). The molecule has 60 valence electrons. The Morgan fingerprint density at radius 2 is 2.00 bits per heavy atom. The van der Waals surface area contributed by atoms with Crippen LogP contribution >= 0.6 is 11.3 Å². The van der Waals surface area contributed by atoms with Gasteiger partial charge in [0.2, 0.25) is 0 Å². The summed E-state index contributed by atoms with van der Waals surface area (Å²) < 4.78 is 0. The fraction of sp³-hybridized carbons (Fsp3) is 0. The quantitative estimate of drug-likeness (QED) is 0.722. The highest BCUT2D eigenvalue weighted by Crippen LogP contribution is 2.23. The van der Waals surface area contributed by atoms with E-state index in [1.807, 2.05) is 11.4 Å². The summed E-state index contributed by atoms with van der Waals surface area (Å²) in [7, 11) is 0. The van der Waals surface area contributed by atoms with Gasteiger partial charge in [0.25, 0.3) is 0 Å². The highest BCUT2D eigenvalue weighted by Gasteiger charge is 2.00. The van der Waals surface area contributed by atoms with Crippen molar-refractivity contribution >= 4 is 16.3 Å². The van der Waals surface area contributed by atoms with Crippen molar-refractivity contribution in [1.29, 1.82) is 0 Å². The van der Waals surface area contributed by atoms with E-state index in [1.54, 1.807) is 18.5 Å². The maximum absolute atomic E-state index is 5.58. The number of rotatable bonds is 1. The molecule has 0 aromatic carbocycles. The Balaban J connectivity index is 2.45. The second-order valence-corrected chi connectivity index (χ2v) is 3.25. The molecular formula is C8H7N3S. The van der Waals surface area contributed by atoms with Crippen LogP contribution in [0.5, 0.6) is 0 Å². The lowest BCUT2D eigenvalue weighted by Crippen LogP contribution is -1.83. The number of nitrogens with zero attached hydrogens (tertiary/aromatic N) is 2. The number of hydrogen-bond acceptors (Lipinski definition) is 4. The largest absolute Gasteiger partial charge is 0.391 e. The Hall–Kier alpha value is -1.42. The molecule has 2 N–H and O–H groups in total. The first-order valence-electron chi connectivity index (χ1n) is 3.47. The van der Waals surface area contributed by atoms with Crippen LogP contribution in [0.25, 0.3) is 11.4 Å². The van der Waals surface area contributed by atoms with E-state index in [-0.39, 0.29) is 0 Å². The molecule has 0 unspecified atom stereocenters. The third-order valence-electron chi connectivity index (χ3n) is 1.44. The van der Waals surface area contributed by atoms with Crippen LogP contribution in [0.1, 0.15) is 0 Å². The Morgan fingerprint density at radius 1 is 1.25 bits per heavy atom. The Morgan fingerprint density at radius 3 is 2.58 bits per heavy atom. The van der Waals surface area contributed by atoms with Crippen molar-refractivity contribution < 1.29 is 0 Å². The van der Waals surface area contributed by atoms with E-state index in [0.29, 0.717) is 0 Å². The minimum atomic E-state index is 0.727. The van der Waals surface area contributed by atoms with Crippen LogP contribution in [0.15, 0.2) is 29.9 Å². The molecule has 0 aliphatic carbocycles. The summed E-state index contributed by atoms with van der Waals surface area (Å²) in [6.07, 6.45) is 3.44. The van der Waals surface area contributed by atoms with Gasteiger partial charge in [-0.2, -0.15) is 0 Å². The molecule has 0 atom stereocenters. The molecular weight excluding hydrogens is 170 g/mol. The zero-order valence-electron chi connectivity index (χ0n) is 6.27. The molecule has 0 bridgehead atoms. The molecule has 0 amide bonds. The predicted octanol–water partition coefficient (Wildman–Crippen LogP) is 1.79. The zero-order chi connectivity index (χ0) is 8.39. The van der Waals surface area contributed by atoms with Crippen molar-refractivity contribution in [2.75, 3.05) is 5.73 Å². The van der Waals surface area contributed by atoms with Gasteiger partial charge in [-0.1, -0.05) is 0 Å². The number of aromatic nitrogens is 2. The monoisotopic (exact) mass is 177 g/mol. The van der Waals surface area contributed by atoms with E-state index in [0.717, 1.165) is 16.4 Å². The van der Waals surface area contributed by atoms with Crippen molar-refractivity contribution in [1.82, 2.24) is 9.97 Å². The van der Waals surface area contributed by atoms with Gasteiger partial charge >= 0.3 is 0 Å². The van der Waals surface area contributed by atoms with Gasteiger partial charge in [0.15, 0.2) is 5.82 Å². The standard InChI is InChI=1S/C8H7N3S/c9-7-4-6(5-12-7)8-10-2-1-3-11-8/h1-5H,9H2. The van der Waals surface area contributed by atoms with Crippen LogP contribution in [0.3, 0.4) is 0 Å². The number of nitrogens with two attached hydrogens (primary N) is 1. The van der Waals surface area contributed by atoms with Gasteiger partial charge in [0.1, 0.15) is 0 Å². The van der Waals surface area contributed by atoms with Crippen LogP contribution in [0.2, 0.25) is 0 Å². The van der Waals surface area contributed by atoms with Gasteiger partial charge in [-0.05, 0) is 12.1 Å². The molecule has 0 aliphatic rings. The maximum atomic E-state index is 5.58. The topological polar surface area (TPSA) is 51.8 Å². The van der Waals surface area contributed by atoms with Gasteiger partial charge in [0.05, 0.1) is 5.00 Å². The third-order valence-corrected chi connectivity index (χ3v) is 2.21. The van der Waals surface area contributed by atoms with Crippen molar-refractivity contribution in [2.24, 2.45) is 0 Å². The van der Waals surface area contributed by atoms with Crippen molar-refractivity contribution in [3.05, 3.63) is 29.9 Å². The summed E-state index contributed by atoms with van der Waals surface area (Å²) >= 11 is 1.50. The number of hydrogen-bond donors (Lipinski definition) is 1. The SMILES string of the molecule is Nc1cc(-c2ncccn2)cs1. The summed E-state index contributed by atoms with van der Waals surface area (Å²) in [6.45, 7) is 0. The fourth-order valence-corrected chi connectivity index (χ4v) is 1.55. The Kier molecular flexibility index (Phi) is 1.75. The lowest BCUT2D eigenvalue weighted by atomic mass is 10.3. The fourth-order valence-electron chi connectivity index (χ4n) is 0.918. The molecule has 3 nitrogen and oxygen atoms in total. The van der Waals surface area contributed by atoms with E-state index in [4.69, 9.17) is 5.73 Å². The highest BCUT2D eigenvalue weighted by molar-refractivity contribution is 7.14. The Bertz CT molecular complexity index is 369. The number of anilines is 1. The second kappa shape index (κ2) is 2.91. The minimum Gasteiger partial charge on any atom is -0.391 e. The summed E-state index contributed by atoms with van der Waals surface area (Å²) in [5.74, 6) is 0.727. The normalized spacial score (nSPS) is 10.0. The second-order valence-electron chi connectivity index (χ2n) is 2.31. The van der Waals surface area contributed by atoms with Gasteiger partial charge < -0.3 is 5.73 Å². The molecule has 0 saturated carbocycles. The zero-order valence-corrected chi connectivity index (χ0v) is 7.08. The van der Waals surface area contributed by atoms with Gasteiger partial charge in [0, 0.05) is 23.3 Å². The minimum absolute atomic E-state index is 0.727. The molecule has 0 fully saturated rings. The molecule has 2 aromatic rings. The lowest BCUT2D eigenvalue weighted by molar-refractivity contribution is 1.18. The third kappa shape index (κ3) is 1.29. The summed E-state index contributed by atoms with van der Waals surface area (Å²) in [6, 6.07) is 3.67. The molecule has 0 radical (unpaired) electrons. The van der Waals surface area contributed by atoms with E-state index < -0.39 is 0 Å². The van der Waals surface area contributed by atoms with Crippen LogP contribution in [-0.4, -0.2) is 9.97 Å². The molecule has 12 heavy (non-hydrogen) atoms. The van der Waals surface area contributed by atoms with Crippen molar-refractivity contribution in [3.8, 4) is 11.4 Å². The molecule has 0 spiro atoms. The average Bonchev–Trinajstić information content (AvgIpc) is 2.54. The Labute approximate surface area is 73.9 Å². The first-order valence-corrected chi connectivity index (χ1v) is 4.35. The van der Waals surface area contributed by atoms with Crippen molar-refractivity contribution in [3.63, 3.8) is 0 Å². The molecule has 4 heteroatoms. The predicted molar refractivity (Wildman–Crippen MR) is 49.8 cm³/mol. The molecule has 2 aromatic heterocycles. The summed E-state index contributed by atoms with van der Waals surface area (Å²) in [5.41, 5.74) is 6.56. The first kappa shape index (κ1) is 7.24. The van der Waals surface area contributed by atoms with E-state index in [1.165, 1.54) is 11.3 Å². The van der Waals surface area contributed by atoms with Gasteiger partial charge in [-0.15, -0.1) is 11.3 Å². The van der Waals surface area contributed by atoms with Crippen molar-refractivity contribution in [2.45, 2.75) is 0 Å². The van der Waals surface area contributed by atoms with Crippen LogP contribution < -0.4 is 5.73 Å². The van der Waals surface area contributed by atoms with E-state index >= 15 is 0 Å². The summed E-state index contributed by atoms with van der Waals surface area (Å²) in [4.78, 5) is 8.20.